The number of ether oxygens (including phenoxy) is 1. The number of nitrogens with zero attached hydrogens (tertiary/aromatic N) is 3. The highest BCUT2D eigenvalue weighted by molar-refractivity contribution is 6.31. The molecule has 150 valence electrons. The van der Waals surface area contributed by atoms with Crippen LogP contribution in [-0.2, 0) is 6.61 Å². The SMILES string of the molecule is CN1CCN(CCNC(=O)Nc2ncccc2OCc2ccccc2Cl)CC1. The van der Waals surface area contributed by atoms with Crippen LogP contribution in [0.25, 0.3) is 0 Å². The van der Waals surface area contributed by atoms with Crippen molar-refractivity contribution in [3.05, 3.63) is 53.2 Å². The number of nitrogens with one attached hydrogen (secondary N) is 2. The number of hydrogen-bond donors (Lipinski definition) is 2. The number of rotatable bonds is 7. The minimum Gasteiger partial charge on any atom is -0.485 e. The molecule has 2 amide bonds. The lowest BCUT2D eigenvalue weighted by Gasteiger charge is -2.32. The van der Waals surface area contributed by atoms with Crippen molar-refractivity contribution in [3.8, 4) is 5.75 Å². The predicted octanol–water partition coefficient (Wildman–Crippen LogP) is 2.68. The van der Waals surface area contributed by atoms with Crippen molar-refractivity contribution in [3.63, 3.8) is 0 Å². The van der Waals surface area contributed by atoms with Gasteiger partial charge >= 0.3 is 6.03 Å². The summed E-state index contributed by atoms with van der Waals surface area (Å²) in [6, 6.07) is 10.7. The van der Waals surface area contributed by atoms with E-state index < -0.39 is 0 Å². The Morgan fingerprint density at radius 3 is 2.75 bits per heavy atom. The van der Waals surface area contributed by atoms with Gasteiger partial charge in [0.1, 0.15) is 6.61 Å². The van der Waals surface area contributed by atoms with Crippen LogP contribution in [0, 0.1) is 0 Å². The molecule has 1 saturated heterocycles. The Labute approximate surface area is 170 Å². The van der Waals surface area contributed by atoms with Crippen LogP contribution in [0.4, 0.5) is 10.6 Å². The molecule has 0 aliphatic carbocycles. The molecular formula is C20H26ClN5O2. The highest BCUT2D eigenvalue weighted by atomic mass is 35.5. The first kappa shape index (κ1) is 20.4. The van der Waals surface area contributed by atoms with E-state index in [2.05, 4.69) is 32.5 Å². The lowest BCUT2D eigenvalue weighted by molar-refractivity contribution is 0.155. The first-order valence-electron chi connectivity index (χ1n) is 9.39. The number of anilines is 1. The summed E-state index contributed by atoms with van der Waals surface area (Å²) in [6.07, 6.45) is 1.61. The zero-order chi connectivity index (χ0) is 19.8. The fraction of sp³-hybridized carbons (Fsp3) is 0.400. The molecule has 0 unspecified atom stereocenters. The Bertz CT molecular complexity index is 781. The standard InChI is InChI=1S/C20H26ClN5O2/c1-25-11-13-26(14-12-25)10-9-23-20(27)24-19-18(7-4-8-22-19)28-15-16-5-2-3-6-17(16)21/h2-8H,9-15H2,1H3,(H2,22,23,24,27). The fourth-order valence-corrected chi connectivity index (χ4v) is 3.11. The highest BCUT2D eigenvalue weighted by Gasteiger charge is 2.14. The zero-order valence-corrected chi connectivity index (χ0v) is 16.8. The van der Waals surface area contributed by atoms with E-state index in [4.69, 9.17) is 16.3 Å². The Kier molecular flexibility index (Phi) is 7.47. The molecule has 2 N–H and O–H groups in total. The topological polar surface area (TPSA) is 69.7 Å². The Morgan fingerprint density at radius 1 is 1.18 bits per heavy atom. The first-order valence-corrected chi connectivity index (χ1v) is 9.76. The van der Waals surface area contributed by atoms with Crippen molar-refractivity contribution < 1.29 is 9.53 Å². The molecule has 1 fully saturated rings. The van der Waals surface area contributed by atoms with Crippen LogP contribution in [-0.4, -0.2) is 67.1 Å². The Balaban J connectivity index is 1.47. The van der Waals surface area contributed by atoms with Gasteiger partial charge < -0.3 is 15.0 Å². The van der Waals surface area contributed by atoms with Crippen LogP contribution in [0.2, 0.25) is 5.02 Å². The van der Waals surface area contributed by atoms with Crippen molar-refractivity contribution in [1.82, 2.24) is 20.1 Å². The van der Waals surface area contributed by atoms with Gasteiger partial charge in [-0.1, -0.05) is 29.8 Å². The van der Waals surface area contributed by atoms with Crippen LogP contribution in [0.5, 0.6) is 5.75 Å². The lowest BCUT2D eigenvalue weighted by atomic mass is 10.2. The van der Waals surface area contributed by atoms with Crippen molar-refractivity contribution in [2.75, 3.05) is 51.6 Å². The maximum Gasteiger partial charge on any atom is 0.320 e. The molecule has 1 aromatic carbocycles. The van der Waals surface area contributed by atoms with E-state index in [1.807, 2.05) is 24.3 Å². The third-order valence-electron chi connectivity index (χ3n) is 4.65. The number of halogens is 1. The van der Waals surface area contributed by atoms with E-state index in [0.29, 0.717) is 29.7 Å². The van der Waals surface area contributed by atoms with Gasteiger partial charge in [0, 0.05) is 56.1 Å². The van der Waals surface area contributed by atoms with Gasteiger partial charge in [0.25, 0.3) is 0 Å². The molecule has 1 aliphatic rings. The molecule has 1 aromatic heterocycles. The number of aromatic nitrogens is 1. The summed E-state index contributed by atoms with van der Waals surface area (Å²) in [6.45, 7) is 5.89. The minimum atomic E-state index is -0.296. The molecule has 0 radical (unpaired) electrons. The van der Waals surface area contributed by atoms with E-state index in [-0.39, 0.29) is 6.03 Å². The van der Waals surface area contributed by atoms with Gasteiger partial charge in [0.15, 0.2) is 11.6 Å². The van der Waals surface area contributed by atoms with Crippen molar-refractivity contribution in [2.45, 2.75) is 6.61 Å². The van der Waals surface area contributed by atoms with Crippen molar-refractivity contribution in [1.29, 1.82) is 0 Å². The number of carbonyl (C=O) groups is 1. The van der Waals surface area contributed by atoms with Gasteiger partial charge in [-0.2, -0.15) is 0 Å². The minimum absolute atomic E-state index is 0.296. The second-order valence-corrected chi connectivity index (χ2v) is 7.16. The Morgan fingerprint density at radius 2 is 1.96 bits per heavy atom. The second kappa shape index (κ2) is 10.3. The molecule has 0 atom stereocenters. The number of urea groups is 1. The van der Waals surface area contributed by atoms with Crippen LogP contribution in [0.3, 0.4) is 0 Å². The summed E-state index contributed by atoms with van der Waals surface area (Å²) in [5.74, 6) is 0.878. The average Bonchev–Trinajstić information content (AvgIpc) is 2.70. The number of carbonyl (C=O) groups excluding carboxylic acids is 1. The monoisotopic (exact) mass is 403 g/mol. The third-order valence-corrected chi connectivity index (χ3v) is 5.02. The molecule has 2 heterocycles. The number of benzene rings is 1. The molecule has 0 spiro atoms. The van der Waals surface area contributed by atoms with Crippen molar-refractivity contribution >= 4 is 23.4 Å². The maximum absolute atomic E-state index is 12.2. The van der Waals surface area contributed by atoms with E-state index in [9.17, 15) is 4.79 Å². The molecule has 7 nitrogen and oxygen atoms in total. The molecule has 8 heteroatoms. The Hall–Kier alpha value is -2.35. The third kappa shape index (κ3) is 6.09. The molecule has 28 heavy (non-hydrogen) atoms. The normalized spacial score (nSPS) is 15.2. The number of piperazine rings is 1. The second-order valence-electron chi connectivity index (χ2n) is 6.76. The quantitative estimate of drug-likeness (QED) is 0.743. The molecule has 3 rings (SSSR count). The van der Waals surface area contributed by atoms with Crippen molar-refractivity contribution in [2.24, 2.45) is 0 Å². The van der Waals surface area contributed by atoms with Crippen LogP contribution in [0.1, 0.15) is 5.56 Å². The number of hydrogen-bond acceptors (Lipinski definition) is 5. The molecule has 0 saturated carbocycles. The smallest absolute Gasteiger partial charge is 0.320 e. The van der Waals surface area contributed by atoms with Gasteiger partial charge in [-0.3, -0.25) is 10.2 Å². The number of amides is 2. The number of pyridine rings is 1. The van der Waals surface area contributed by atoms with Gasteiger partial charge in [-0.05, 0) is 25.2 Å². The zero-order valence-electron chi connectivity index (χ0n) is 16.0. The molecule has 0 bridgehead atoms. The molecule has 1 aliphatic heterocycles. The van der Waals surface area contributed by atoms with Gasteiger partial charge in [-0.25, -0.2) is 9.78 Å². The predicted molar refractivity (Wildman–Crippen MR) is 111 cm³/mol. The average molecular weight is 404 g/mol. The lowest BCUT2D eigenvalue weighted by Crippen LogP contribution is -2.47. The summed E-state index contributed by atoms with van der Waals surface area (Å²) in [5, 5.41) is 6.28. The summed E-state index contributed by atoms with van der Waals surface area (Å²) in [7, 11) is 2.13. The van der Waals surface area contributed by atoms with Gasteiger partial charge in [0.2, 0.25) is 0 Å². The summed E-state index contributed by atoms with van der Waals surface area (Å²) in [4.78, 5) is 21.1. The first-order chi connectivity index (χ1) is 13.6. The largest absolute Gasteiger partial charge is 0.485 e. The van der Waals surface area contributed by atoms with Crippen LogP contribution in [0.15, 0.2) is 42.6 Å². The van der Waals surface area contributed by atoms with E-state index in [1.165, 1.54) is 0 Å². The van der Waals surface area contributed by atoms with Crippen LogP contribution < -0.4 is 15.4 Å². The van der Waals surface area contributed by atoms with Gasteiger partial charge in [0.05, 0.1) is 0 Å². The van der Waals surface area contributed by atoms with Gasteiger partial charge in [-0.15, -0.1) is 0 Å². The van der Waals surface area contributed by atoms with E-state index in [1.54, 1.807) is 18.3 Å². The summed E-state index contributed by atoms with van der Waals surface area (Å²) >= 11 is 6.16. The maximum atomic E-state index is 12.2. The van der Waals surface area contributed by atoms with E-state index in [0.717, 1.165) is 38.3 Å². The molecular weight excluding hydrogens is 378 g/mol. The summed E-state index contributed by atoms with van der Waals surface area (Å²) < 4.78 is 5.81. The fourth-order valence-electron chi connectivity index (χ4n) is 2.92. The number of likely N-dealkylation sites (N-methyl/N-ethyl adjacent to an activating group) is 1. The van der Waals surface area contributed by atoms with Crippen LogP contribution >= 0.6 is 11.6 Å². The molecule has 2 aromatic rings. The highest BCUT2D eigenvalue weighted by Crippen LogP contribution is 2.23. The summed E-state index contributed by atoms with van der Waals surface area (Å²) in [5.41, 5.74) is 0.871. The van der Waals surface area contributed by atoms with E-state index >= 15 is 0 Å².